The standard InChI is InChI=1S/C10H16N2O2S2/c13-16(14)5-1-2-10(7-16)11-4-3-9-6-15-8-12-9/h6,8,10-11H,1-5,7H2. The third kappa shape index (κ3) is 3.54. The van der Waals surface area contributed by atoms with Gasteiger partial charge in [0, 0.05) is 24.4 Å². The van der Waals surface area contributed by atoms with E-state index in [0.29, 0.717) is 11.5 Å². The molecular formula is C10H16N2O2S2. The summed E-state index contributed by atoms with van der Waals surface area (Å²) in [6.45, 7) is 0.809. The van der Waals surface area contributed by atoms with E-state index in [1.165, 1.54) is 0 Å². The number of nitrogens with one attached hydrogen (secondary N) is 1. The number of thiazole rings is 1. The van der Waals surface area contributed by atoms with Crippen LogP contribution in [0.3, 0.4) is 0 Å². The summed E-state index contributed by atoms with van der Waals surface area (Å²) in [5.41, 5.74) is 2.90. The molecule has 0 aromatic carbocycles. The summed E-state index contributed by atoms with van der Waals surface area (Å²) in [5, 5.41) is 5.33. The van der Waals surface area contributed by atoms with Gasteiger partial charge in [0.2, 0.25) is 0 Å². The van der Waals surface area contributed by atoms with Crippen LogP contribution in [0.15, 0.2) is 10.9 Å². The minimum Gasteiger partial charge on any atom is -0.313 e. The fourth-order valence-electron chi connectivity index (χ4n) is 1.95. The molecule has 2 rings (SSSR count). The topological polar surface area (TPSA) is 59.1 Å². The first-order chi connectivity index (χ1) is 7.66. The summed E-state index contributed by atoms with van der Waals surface area (Å²) >= 11 is 1.59. The minimum atomic E-state index is -2.79. The zero-order valence-corrected chi connectivity index (χ0v) is 10.7. The van der Waals surface area contributed by atoms with Crippen molar-refractivity contribution in [2.45, 2.75) is 25.3 Å². The molecule has 0 spiro atoms. The summed E-state index contributed by atoms with van der Waals surface area (Å²) in [4.78, 5) is 4.19. The molecule has 1 aromatic heterocycles. The van der Waals surface area contributed by atoms with Crippen LogP contribution in [-0.2, 0) is 16.3 Å². The van der Waals surface area contributed by atoms with Crippen LogP contribution in [0.25, 0.3) is 0 Å². The molecule has 0 aliphatic carbocycles. The van der Waals surface area contributed by atoms with Crippen molar-refractivity contribution in [3.63, 3.8) is 0 Å². The fraction of sp³-hybridized carbons (Fsp3) is 0.700. The van der Waals surface area contributed by atoms with Crippen molar-refractivity contribution in [1.82, 2.24) is 10.3 Å². The lowest BCUT2D eigenvalue weighted by Crippen LogP contribution is -2.40. The third-order valence-electron chi connectivity index (χ3n) is 2.76. The van der Waals surface area contributed by atoms with Crippen LogP contribution >= 0.6 is 11.3 Å². The van der Waals surface area contributed by atoms with Crippen molar-refractivity contribution >= 4 is 21.2 Å². The Kier molecular flexibility index (Phi) is 3.94. The molecule has 0 amide bonds. The molecule has 6 heteroatoms. The minimum absolute atomic E-state index is 0.136. The lowest BCUT2D eigenvalue weighted by Gasteiger charge is -2.22. The van der Waals surface area contributed by atoms with Crippen LogP contribution < -0.4 is 5.32 Å². The van der Waals surface area contributed by atoms with Crippen molar-refractivity contribution in [3.8, 4) is 0 Å². The second kappa shape index (κ2) is 5.25. The Labute approximate surface area is 100 Å². The molecule has 1 N–H and O–H groups in total. The van der Waals surface area contributed by atoms with Crippen LogP contribution in [0.2, 0.25) is 0 Å². The van der Waals surface area contributed by atoms with Crippen LogP contribution in [0.4, 0.5) is 0 Å². The number of rotatable bonds is 4. The normalized spacial score (nSPS) is 24.4. The first-order valence-corrected chi connectivity index (χ1v) is 8.23. The van der Waals surface area contributed by atoms with Crippen molar-refractivity contribution < 1.29 is 8.42 Å². The van der Waals surface area contributed by atoms with Gasteiger partial charge in [-0.05, 0) is 12.8 Å². The van der Waals surface area contributed by atoms with E-state index < -0.39 is 9.84 Å². The number of hydrogen-bond donors (Lipinski definition) is 1. The predicted octanol–water partition coefficient (Wildman–Crippen LogP) is 0.852. The van der Waals surface area contributed by atoms with E-state index >= 15 is 0 Å². The zero-order chi connectivity index (χ0) is 11.4. The lowest BCUT2D eigenvalue weighted by atomic mass is 10.2. The first-order valence-electron chi connectivity index (χ1n) is 5.46. The van der Waals surface area contributed by atoms with Gasteiger partial charge in [-0.3, -0.25) is 0 Å². The number of sulfone groups is 1. The maximum atomic E-state index is 11.4. The second-order valence-corrected chi connectivity index (χ2v) is 7.08. The highest BCUT2D eigenvalue weighted by molar-refractivity contribution is 7.91. The molecule has 2 heterocycles. The van der Waals surface area contributed by atoms with Gasteiger partial charge in [0.25, 0.3) is 0 Å². The van der Waals surface area contributed by atoms with E-state index in [1.807, 2.05) is 10.9 Å². The van der Waals surface area contributed by atoms with E-state index in [9.17, 15) is 8.42 Å². The zero-order valence-electron chi connectivity index (χ0n) is 9.05. The average Bonchev–Trinajstić information content (AvgIpc) is 2.69. The molecule has 4 nitrogen and oxygen atoms in total. The summed E-state index contributed by atoms with van der Waals surface area (Å²) < 4.78 is 22.8. The average molecular weight is 260 g/mol. The molecule has 1 fully saturated rings. The lowest BCUT2D eigenvalue weighted by molar-refractivity contribution is 0.482. The molecule has 1 aliphatic heterocycles. The molecule has 16 heavy (non-hydrogen) atoms. The maximum Gasteiger partial charge on any atom is 0.151 e. The van der Waals surface area contributed by atoms with E-state index in [0.717, 1.165) is 31.5 Å². The van der Waals surface area contributed by atoms with Gasteiger partial charge in [0.15, 0.2) is 9.84 Å². The smallest absolute Gasteiger partial charge is 0.151 e. The second-order valence-electron chi connectivity index (χ2n) is 4.14. The Morgan fingerprint density at radius 1 is 1.56 bits per heavy atom. The van der Waals surface area contributed by atoms with E-state index in [-0.39, 0.29) is 6.04 Å². The monoisotopic (exact) mass is 260 g/mol. The Morgan fingerprint density at radius 3 is 3.12 bits per heavy atom. The van der Waals surface area contributed by atoms with Gasteiger partial charge in [-0.1, -0.05) is 0 Å². The SMILES string of the molecule is O=S1(=O)CCCC(NCCc2cscn2)C1. The number of aromatic nitrogens is 1. The van der Waals surface area contributed by atoms with E-state index in [2.05, 4.69) is 10.3 Å². The summed E-state index contributed by atoms with van der Waals surface area (Å²) in [5.74, 6) is 0.654. The summed E-state index contributed by atoms with van der Waals surface area (Å²) in [7, 11) is -2.79. The van der Waals surface area contributed by atoms with Gasteiger partial charge >= 0.3 is 0 Å². The van der Waals surface area contributed by atoms with Crippen molar-refractivity contribution in [2.24, 2.45) is 0 Å². The molecular weight excluding hydrogens is 244 g/mol. The molecule has 1 aliphatic rings. The highest BCUT2D eigenvalue weighted by atomic mass is 32.2. The van der Waals surface area contributed by atoms with Gasteiger partial charge in [-0.15, -0.1) is 11.3 Å². The summed E-state index contributed by atoms with van der Waals surface area (Å²) in [6, 6.07) is 0.136. The Bertz CT molecular complexity index is 414. The van der Waals surface area contributed by atoms with E-state index in [4.69, 9.17) is 0 Å². The largest absolute Gasteiger partial charge is 0.313 e. The predicted molar refractivity (Wildman–Crippen MR) is 65.5 cm³/mol. The Morgan fingerprint density at radius 2 is 2.44 bits per heavy atom. The molecule has 0 radical (unpaired) electrons. The fourth-order valence-corrected chi connectivity index (χ4v) is 4.21. The van der Waals surface area contributed by atoms with Gasteiger partial charge in [-0.2, -0.15) is 0 Å². The molecule has 0 bridgehead atoms. The van der Waals surface area contributed by atoms with Gasteiger partial charge in [0.05, 0.1) is 22.7 Å². The highest BCUT2D eigenvalue weighted by Crippen LogP contribution is 2.12. The molecule has 1 atom stereocenters. The van der Waals surface area contributed by atoms with Crippen LogP contribution in [0.1, 0.15) is 18.5 Å². The van der Waals surface area contributed by atoms with Gasteiger partial charge in [0.1, 0.15) is 0 Å². The molecule has 1 aromatic rings. The number of nitrogens with zero attached hydrogens (tertiary/aromatic N) is 1. The first kappa shape index (κ1) is 12.0. The number of hydrogen-bond acceptors (Lipinski definition) is 5. The highest BCUT2D eigenvalue weighted by Gasteiger charge is 2.23. The van der Waals surface area contributed by atoms with Crippen molar-refractivity contribution in [3.05, 3.63) is 16.6 Å². The summed E-state index contributed by atoms with van der Waals surface area (Å²) in [6.07, 6.45) is 2.63. The van der Waals surface area contributed by atoms with Crippen LogP contribution in [-0.4, -0.2) is 37.5 Å². The third-order valence-corrected chi connectivity index (χ3v) is 5.22. The Balaban J connectivity index is 1.74. The Hall–Kier alpha value is -0.460. The van der Waals surface area contributed by atoms with Gasteiger partial charge < -0.3 is 5.32 Å². The van der Waals surface area contributed by atoms with Crippen LogP contribution in [0.5, 0.6) is 0 Å². The van der Waals surface area contributed by atoms with Crippen molar-refractivity contribution in [2.75, 3.05) is 18.1 Å². The molecule has 90 valence electrons. The van der Waals surface area contributed by atoms with E-state index in [1.54, 1.807) is 11.3 Å². The van der Waals surface area contributed by atoms with Crippen LogP contribution in [0, 0.1) is 0 Å². The quantitative estimate of drug-likeness (QED) is 0.872. The van der Waals surface area contributed by atoms with Crippen molar-refractivity contribution in [1.29, 1.82) is 0 Å². The maximum absolute atomic E-state index is 11.4. The molecule has 0 saturated carbocycles. The molecule has 1 saturated heterocycles. The van der Waals surface area contributed by atoms with Gasteiger partial charge in [-0.25, -0.2) is 13.4 Å². The molecule has 1 unspecified atom stereocenters.